The van der Waals surface area contributed by atoms with Gasteiger partial charge in [-0.25, -0.2) is 0 Å². The van der Waals surface area contributed by atoms with Crippen LogP contribution in [0.3, 0.4) is 0 Å². The lowest BCUT2D eigenvalue weighted by Crippen LogP contribution is -2.50. The Labute approximate surface area is 184 Å². The van der Waals surface area contributed by atoms with E-state index in [2.05, 4.69) is 43.0 Å². The molecule has 0 N–H and O–H groups in total. The molecule has 0 bridgehead atoms. The largest absolute Gasteiger partial charge is 0.360 e. The first kappa shape index (κ1) is 22.0. The first-order valence-corrected chi connectivity index (χ1v) is 11.2. The number of aryl methyl sites for hydroxylation is 1. The molecule has 2 aromatic carbocycles. The van der Waals surface area contributed by atoms with E-state index in [0.29, 0.717) is 23.9 Å². The van der Waals surface area contributed by atoms with Crippen LogP contribution in [0.2, 0.25) is 10.0 Å². The molecule has 156 valence electrons. The number of rotatable bonds is 6. The van der Waals surface area contributed by atoms with Crippen LogP contribution >= 0.6 is 23.2 Å². The van der Waals surface area contributed by atoms with Gasteiger partial charge < -0.3 is 9.80 Å². The minimum atomic E-state index is 0.0512. The van der Waals surface area contributed by atoms with E-state index in [4.69, 9.17) is 23.2 Å². The second-order valence-corrected chi connectivity index (χ2v) is 9.19. The van der Waals surface area contributed by atoms with Crippen molar-refractivity contribution in [2.45, 2.75) is 46.1 Å². The summed E-state index contributed by atoms with van der Waals surface area (Å²) in [5.74, 6) is 0.879. The first-order valence-electron chi connectivity index (χ1n) is 10.4. The van der Waals surface area contributed by atoms with Gasteiger partial charge in [-0.3, -0.25) is 4.79 Å². The van der Waals surface area contributed by atoms with Crippen LogP contribution < -0.4 is 4.90 Å². The molecule has 1 atom stereocenters. The van der Waals surface area contributed by atoms with Crippen molar-refractivity contribution in [3.05, 3.63) is 63.6 Å². The molecule has 1 saturated heterocycles. The maximum Gasteiger partial charge on any atom is 0.222 e. The molecular formula is C24H30Cl2N2O. The molecule has 0 aromatic heterocycles. The van der Waals surface area contributed by atoms with Crippen LogP contribution in [0.15, 0.2) is 42.5 Å². The molecule has 0 unspecified atom stereocenters. The van der Waals surface area contributed by atoms with Crippen molar-refractivity contribution >= 4 is 34.8 Å². The summed E-state index contributed by atoms with van der Waals surface area (Å²) in [7, 11) is 0. The van der Waals surface area contributed by atoms with E-state index in [0.717, 1.165) is 47.8 Å². The lowest BCUT2D eigenvalue weighted by molar-refractivity contribution is -0.132. The van der Waals surface area contributed by atoms with E-state index in [-0.39, 0.29) is 11.9 Å². The molecule has 3 rings (SSSR count). The average Bonchev–Trinajstić information content (AvgIpc) is 2.68. The van der Waals surface area contributed by atoms with Crippen LogP contribution in [0.5, 0.6) is 0 Å². The third-order valence-electron chi connectivity index (χ3n) is 5.57. The van der Waals surface area contributed by atoms with Gasteiger partial charge in [-0.2, -0.15) is 0 Å². The third-order valence-corrected chi connectivity index (χ3v) is 6.13. The molecular weight excluding hydrogens is 403 g/mol. The maximum absolute atomic E-state index is 12.8. The van der Waals surface area contributed by atoms with Gasteiger partial charge in [-0.1, -0.05) is 61.7 Å². The Morgan fingerprint density at radius 2 is 1.83 bits per heavy atom. The molecule has 0 spiro atoms. The van der Waals surface area contributed by atoms with Gasteiger partial charge in [0.25, 0.3) is 0 Å². The van der Waals surface area contributed by atoms with E-state index in [1.54, 1.807) is 0 Å². The van der Waals surface area contributed by atoms with E-state index >= 15 is 0 Å². The highest BCUT2D eigenvalue weighted by atomic mass is 35.5. The van der Waals surface area contributed by atoms with Crippen LogP contribution in [-0.2, 0) is 4.79 Å². The van der Waals surface area contributed by atoms with E-state index in [9.17, 15) is 4.79 Å². The van der Waals surface area contributed by atoms with Crippen LogP contribution in [0, 0.1) is 12.8 Å². The molecule has 0 saturated carbocycles. The van der Waals surface area contributed by atoms with E-state index in [1.807, 2.05) is 30.0 Å². The lowest BCUT2D eigenvalue weighted by Gasteiger charge is -2.43. The van der Waals surface area contributed by atoms with Gasteiger partial charge in [-0.05, 0) is 54.7 Å². The zero-order valence-electron chi connectivity index (χ0n) is 17.5. The summed E-state index contributed by atoms with van der Waals surface area (Å²) >= 11 is 12.7. The molecule has 0 radical (unpaired) electrons. The highest BCUT2D eigenvalue weighted by molar-refractivity contribution is 6.33. The molecule has 0 aliphatic carbocycles. The van der Waals surface area contributed by atoms with Crippen molar-refractivity contribution in [3.8, 4) is 0 Å². The number of carbonyl (C=O) groups excluding carboxylic acids is 1. The zero-order valence-corrected chi connectivity index (χ0v) is 19.0. The van der Waals surface area contributed by atoms with Crippen LogP contribution in [-0.4, -0.2) is 30.4 Å². The van der Waals surface area contributed by atoms with Crippen molar-refractivity contribution in [1.82, 2.24) is 4.90 Å². The van der Waals surface area contributed by atoms with Crippen molar-refractivity contribution in [1.29, 1.82) is 0 Å². The highest BCUT2D eigenvalue weighted by Crippen LogP contribution is 2.36. The Balaban J connectivity index is 1.82. The van der Waals surface area contributed by atoms with Crippen LogP contribution in [0.1, 0.15) is 50.3 Å². The third kappa shape index (κ3) is 5.67. The molecule has 1 aliphatic rings. The fourth-order valence-corrected chi connectivity index (χ4v) is 4.40. The second-order valence-electron chi connectivity index (χ2n) is 8.34. The molecule has 1 fully saturated rings. The molecule has 29 heavy (non-hydrogen) atoms. The van der Waals surface area contributed by atoms with Crippen LogP contribution in [0.25, 0.3) is 0 Å². The Bertz CT molecular complexity index is 835. The van der Waals surface area contributed by atoms with Crippen molar-refractivity contribution < 1.29 is 4.79 Å². The summed E-state index contributed by atoms with van der Waals surface area (Å²) in [5, 5.41) is 1.46. The van der Waals surface area contributed by atoms with Gasteiger partial charge in [0.2, 0.25) is 5.91 Å². The minimum absolute atomic E-state index is 0.0512. The fraction of sp³-hybridized carbons (Fsp3) is 0.458. The predicted octanol–water partition coefficient (Wildman–Crippen LogP) is 6.52. The number of anilines is 1. The number of amides is 1. The number of hydrogen-bond acceptors (Lipinski definition) is 2. The number of piperazine rings is 1. The number of hydrogen-bond donors (Lipinski definition) is 0. The molecule has 5 heteroatoms. The Hall–Kier alpha value is -1.71. The summed E-state index contributed by atoms with van der Waals surface area (Å²) in [4.78, 5) is 17.2. The molecule has 1 heterocycles. The number of benzene rings is 2. The summed E-state index contributed by atoms with van der Waals surface area (Å²) in [6.07, 6.45) is 2.66. The molecule has 2 aromatic rings. The van der Waals surface area contributed by atoms with Gasteiger partial charge in [-0.15, -0.1) is 0 Å². The predicted molar refractivity (Wildman–Crippen MR) is 123 cm³/mol. The van der Waals surface area contributed by atoms with Crippen molar-refractivity contribution in [2.24, 2.45) is 5.92 Å². The topological polar surface area (TPSA) is 23.6 Å². The second kappa shape index (κ2) is 9.86. The van der Waals surface area contributed by atoms with Crippen LogP contribution in [0.4, 0.5) is 5.69 Å². The highest BCUT2D eigenvalue weighted by Gasteiger charge is 2.31. The van der Waals surface area contributed by atoms with Gasteiger partial charge in [0.1, 0.15) is 0 Å². The van der Waals surface area contributed by atoms with Gasteiger partial charge >= 0.3 is 0 Å². The summed E-state index contributed by atoms with van der Waals surface area (Å²) in [6.45, 7) is 8.57. The smallest absolute Gasteiger partial charge is 0.222 e. The van der Waals surface area contributed by atoms with Gasteiger partial charge in [0.05, 0.1) is 16.8 Å². The normalized spacial score (nSPS) is 17.1. The Kier molecular flexibility index (Phi) is 7.48. The van der Waals surface area contributed by atoms with Crippen molar-refractivity contribution in [3.63, 3.8) is 0 Å². The number of carbonyl (C=O) groups is 1. The zero-order chi connectivity index (χ0) is 21.0. The lowest BCUT2D eigenvalue weighted by atomic mass is 10.00. The van der Waals surface area contributed by atoms with E-state index in [1.165, 1.54) is 0 Å². The number of nitrogens with zero attached hydrogens (tertiary/aromatic N) is 2. The molecule has 1 aliphatic heterocycles. The number of halogens is 2. The SMILES string of the molecule is Cc1ccc(N2CCN(C(=O)CCCC(C)C)C[C@H]2c2ccc(Cl)cc2)c(Cl)c1. The van der Waals surface area contributed by atoms with Gasteiger partial charge in [0.15, 0.2) is 0 Å². The summed E-state index contributed by atoms with van der Waals surface area (Å²) in [5.41, 5.74) is 3.30. The summed E-state index contributed by atoms with van der Waals surface area (Å²) in [6, 6.07) is 14.1. The Morgan fingerprint density at radius 1 is 1.10 bits per heavy atom. The standard InChI is InChI=1S/C24H30Cl2N2O/c1-17(2)5-4-6-24(29)27-13-14-28(22-12-7-18(3)15-21(22)26)23(16-27)19-8-10-20(25)11-9-19/h7-12,15,17,23H,4-6,13-14,16H2,1-3H3/t23-/m0/s1. The van der Waals surface area contributed by atoms with Gasteiger partial charge in [0, 0.05) is 31.1 Å². The first-order chi connectivity index (χ1) is 13.8. The average molecular weight is 433 g/mol. The Morgan fingerprint density at radius 3 is 2.48 bits per heavy atom. The fourth-order valence-electron chi connectivity index (χ4n) is 3.93. The maximum atomic E-state index is 12.8. The van der Waals surface area contributed by atoms with Crippen molar-refractivity contribution in [2.75, 3.05) is 24.5 Å². The monoisotopic (exact) mass is 432 g/mol. The molecule has 3 nitrogen and oxygen atoms in total. The minimum Gasteiger partial charge on any atom is -0.360 e. The summed E-state index contributed by atoms with van der Waals surface area (Å²) < 4.78 is 0. The molecule has 1 amide bonds. The quantitative estimate of drug-likeness (QED) is 0.518. The van der Waals surface area contributed by atoms with E-state index < -0.39 is 0 Å².